The zero-order valence-electron chi connectivity index (χ0n) is 10.9. The molecule has 1 amide bonds. The Labute approximate surface area is 112 Å². The number of aromatic nitrogens is 1. The number of hydrogen-bond donors (Lipinski definition) is 2. The molecule has 1 aliphatic carbocycles. The smallest absolute Gasteiger partial charge is 0.354 e. The number of carboxylic acids is 1. The maximum absolute atomic E-state index is 12.0. The fourth-order valence-corrected chi connectivity index (χ4v) is 2.33. The van der Waals surface area contributed by atoms with Crippen molar-refractivity contribution in [3.63, 3.8) is 0 Å². The summed E-state index contributed by atoms with van der Waals surface area (Å²) < 4.78 is 0. The molecular formula is C14H18N2O3. The van der Waals surface area contributed by atoms with E-state index in [1.807, 2.05) is 0 Å². The monoisotopic (exact) mass is 262 g/mol. The van der Waals surface area contributed by atoms with Gasteiger partial charge in [-0.15, -0.1) is 0 Å². The number of carbonyl (C=O) groups is 2. The van der Waals surface area contributed by atoms with Gasteiger partial charge in [-0.25, -0.2) is 9.78 Å². The Kier molecular flexibility index (Phi) is 4.14. The summed E-state index contributed by atoms with van der Waals surface area (Å²) in [4.78, 5) is 26.4. The Morgan fingerprint density at radius 3 is 2.47 bits per heavy atom. The van der Waals surface area contributed by atoms with E-state index in [1.165, 1.54) is 18.3 Å². The fraction of sp³-hybridized carbons (Fsp3) is 0.500. The molecule has 1 fully saturated rings. The third-order valence-electron chi connectivity index (χ3n) is 3.60. The van der Waals surface area contributed by atoms with E-state index in [-0.39, 0.29) is 17.6 Å². The van der Waals surface area contributed by atoms with Crippen LogP contribution in [0.2, 0.25) is 0 Å². The van der Waals surface area contributed by atoms with Crippen LogP contribution in [0.3, 0.4) is 0 Å². The van der Waals surface area contributed by atoms with Crippen LogP contribution in [0.15, 0.2) is 18.3 Å². The highest BCUT2D eigenvalue weighted by atomic mass is 16.4. The van der Waals surface area contributed by atoms with Crippen LogP contribution in [0, 0.1) is 5.92 Å². The minimum Gasteiger partial charge on any atom is -0.477 e. The van der Waals surface area contributed by atoms with Crippen LogP contribution in [-0.4, -0.2) is 28.0 Å². The van der Waals surface area contributed by atoms with Crippen LogP contribution >= 0.6 is 0 Å². The Balaban J connectivity index is 1.94. The van der Waals surface area contributed by atoms with E-state index in [4.69, 9.17) is 5.11 Å². The summed E-state index contributed by atoms with van der Waals surface area (Å²) in [5.74, 6) is -0.526. The molecule has 5 nitrogen and oxygen atoms in total. The van der Waals surface area contributed by atoms with Crippen molar-refractivity contribution in [1.29, 1.82) is 0 Å². The lowest BCUT2D eigenvalue weighted by Gasteiger charge is -2.26. The molecule has 0 saturated heterocycles. The lowest BCUT2D eigenvalue weighted by molar-refractivity contribution is 0.0689. The van der Waals surface area contributed by atoms with E-state index >= 15 is 0 Å². The molecule has 0 radical (unpaired) electrons. The lowest BCUT2D eigenvalue weighted by atomic mass is 9.87. The van der Waals surface area contributed by atoms with Gasteiger partial charge in [-0.1, -0.05) is 6.92 Å². The molecule has 0 aliphatic heterocycles. The molecule has 1 heterocycles. The van der Waals surface area contributed by atoms with Gasteiger partial charge in [0.05, 0.1) is 5.56 Å². The number of rotatable bonds is 3. The standard InChI is InChI=1S/C14H18N2O3/c1-9-2-5-11(6-3-9)16-13(17)10-4-7-12(14(18)19)15-8-10/h4,7-9,11H,2-3,5-6H2,1H3,(H,16,17)(H,18,19). The second kappa shape index (κ2) is 5.82. The van der Waals surface area contributed by atoms with E-state index < -0.39 is 5.97 Å². The van der Waals surface area contributed by atoms with Gasteiger partial charge in [0.1, 0.15) is 5.69 Å². The number of carboxylic acid groups (broad SMARTS) is 1. The predicted octanol–water partition coefficient (Wildman–Crippen LogP) is 2.09. The number of nitrogens with one attached hydrogen (secondary N) is 1. The maximum atomic E-state index is 12.0. The van der Waals surface area contributed by atoms with Crippen LogP contribution in [0.5, 0.6) is 0 Å². The summed E-state index contributed by atoms with van der Waals surface area (Å²) in [5, 5.41) is 11.7. The Morgan fingerprint density at radius 1 is 1.26 bits per heavy atom. The summed E-state index contributed by atoms with van der Waals surface area (Å²) >= 11 is 0. The second-order valence-corrected chi connectivity index (χ2v) is 5.17. The van der Waals surface area contributed by atoms with Gasteiger partial charge in [0.25, 0.3) is 5.91 Å². The molecule has 0 bridgehead atoms. The Bertz CT molecular complexity index is 462. The molecule has 1 aromatic heterocycles. The van der Waals surface area contributed by atoms with E-state index in [1.54, 1.807) is 0 Å². The quantitative estimate of drug-likeness (QED) is 0.874. The van der Waals surface area contributed by atoms with Crippen molar-refractivity contribution in [2.75, 3.05) is 0 Å². The molecule has 1 saturated carbocycles. The second-order valence-electron chi connectivity index (χ2n) is 5.17. The Morgan fingerprint density at radius 2 is 1.95 bits per heavy atom. The predicted molar refractivity (Wildman–Crippen MR) is 70.1 cm³/mol. The lowest BCUT2D eigenvalue weighted by Crippen LogP contribution is -2.37. The van der Waals surface area contributed by atoms with Gasteiger partial charge < -0.3 is 10.4 Å². The van der Waals surface area contributed by atoms with E-state index in [2.05, 4.69) is 17.2 Å². The average Bonchev–Trinajstić information content (AvgIpc) is 2.41. The van der Waals surface area contributed by atoms with Gasteiger partial charge in [-0.2, -0.15) is 0 Å². The zero-order chi connectivity index (χ0) is 13.8. The molecular weight excluding hydrogens is 244 g/mol. The van der Waals surface area contributed by atoms with E-state index in [9.17, 15) is 9.59 Å². The summed E-state index contributed by atoms with van der Waals surface area (Å²) in [6, 6.07) is 3.07. The van der Waals surface area contributed by atoms with Gasteiger partial charge in [0.15, 0.2) is 0 Å². The van der Waals surface area contributed by atoms with Crippen molar-refractivity contribution in [2.24, 2.45) is 5.92 Å². The first-order valence-electron chi connectivity index (χ1n) is 6.56. The normalized spacial score (nSPS) is 22.8. The largest absolute Gasteiger partial charge is 0.477 e. The molecule has 0 aromatic carbocycles. The number of amides is 1. The molecule has 102 valence electrons. The number of carbonyl (C=O) groups excluding carboxylic acids is 1. The molecule has 19 heavy (non-hydrogen) atoms. The molecule has 2 rings (SSSR count). The van der Waals surface area contributed by atoms with Crippen LogP contribution in [0.4, 0.5) is 0 Å². The maximum Gasteiger partial charge on any atom is 0.354 e. The first kappa shape index (κ1) is 13.5. The third-order valence-corrected chi connectivity index (χ3v) is 3.60. The van der Waals surface area contributed by atoms with Crippen LogP contribution < -0.4 is 5.32 Å². The first-order chi connectivity index (χ1) is 9.06. The molecule has 2 N–H and O–H groups in total. The van der Waals surface area contributed by atoms with Crippen LogP contribution in [-0.2, 0) is 0 Å². The fourth-order valence-electron chi connectivity index (χ4n) is 2.33. The van der Waals surface area contributed by atoms with Crippen LogP contribution in [0.1, 0.15) is 53.5 Å². The van der Waals surface area contributed by atoms with Crippen molar-refractivity contribution in [3.8, 4) is 0 Å². The summed E-state index contributed by atoms with van der Waals surface area (Å²) in [7, 11) is 0. The summed E-state index contributed by atoms with van der Waals surface area (Å²) in [6.07, 6.45) is 5.60. The molecule has 0 spiro atoms. The average molecular weight is 262 g/mol. The summed E-state index contributed by atoms with van der Waals surface area (Å²) in [5.41, 5.74) is 0.353. The highest BCUT2D eigenvalue weighted by Gasteiger charge is 2.20. The first-order valence-corrected chi connectivity index (χ1v) is 6.56. The molecule has 0 atom stereocenters. The number of hydrogen-bond acceptors (Lipinski definition) is 3. The van der Waals surface area contributed by atoms with Gasteiger partial charge >= 0.3 is 5.97 Å². The van der Waals surface area contributed by atoms with E-state index in [0.717, 1.165) is 31.6 Å². The topological polar surface area (TPSA) is 79.3 Å². The highest BCUT2D eigenvalue weighted by Crippen LogP contribution is 2.23. The zero-order valence-corrected chi connectivity index (χ0v) is 10.9. The molecule has 5 heteroatoms. The van der Waals surface area contributed by atoms with Crippen molar-refractivity contribution in [3.05, 3.63) is 29.6 Å². The third kappa shape index (κ3) is 3.53. The number of pyridine rings is 1. The molecule has 1 aliphatic rings. The van der Waals surface area contributed by atoms with Gasteiger partial charge in [0, 0.05) is 12.2 Å². The van der Waals surface area contributed by atoms with Crippen LogP contribution in [0.25, 0.3) is 0 Å². The molecule has 0 unspecified atom stereocenters. The minimum atomic E-state index is -1.09. The van der Waals surface area contributed by atoms with Crippen molar-refractivity contribution in [1.82, 2.24) is 10.3 Å². The minimum absolute atomic E-state index is 0.0527. The van der Waals surface area contributed by atoms with Gasteiger partial charge in [-0.3, -0.25) is 4.79 Å². The SMILES string of the molecule is CC1CCC(NC(=O)c2ccc(C(=O)O)nc2)CC1. The van der Waals surface area contributed by atoms with Crippen molar-refractivity contribution in [2.45, 2.75) is 38.6 Å². The van der Waals surface area contributed by atoms with Crippen molar-refractivity contribution >= 4 is 11.9 Å². The number of aromatic carboxylic acids is 1. The number of nitrogens with zero attached hydrogens (tertiary/aromatic N) is 1. The van der Waals surface area contributed by atoms with Gasteiger partial charge in [-0.05, 0) is 43.7 Å². The van der Waals surface area contributed by atoms with E-state index in [0.29, 0.717) is 5.56 Å². The van der Waals surface area contributed by atoms with Gasteiger partial charge in [0.2, 0.25) is 0 Å². The molecule has 1 aromatic rings. The Hall–Kier alpha value is -1.91. The highest BCUT2D eigenvalue weighted by molar-refractivity contribution is 5.95. The van der Waals surface area contributed by atoms with Crippen molar-refractivity contribution < 1.29 is 14.7 Å². The summed E-state index contributed by atoms with van der Waals surface area (Å²) in [6.45, 7) is 2.23.